The number of nitrogen functional groups attached to an aromatic ring is 1. The maximum atomic E-state index is 14.8. The van der Waals surface area contributed by atoms with Gasteiger partial charge in [0.25, 0.3) is 5.56 Å². The van der Waals surface area contributed by atoms with Crippen molar-refractivity contribution < 1.29 is 9.13 Å². The quantitative estimate of drug-likeness (QED) is 0.317. The van der Waals surface area contributed by atoms with Crippen LogP contribution < -0.4 is 11.3 Å². The highest BCUT2D eigenvalue weighted by molar-refractivity contribution is 9.10. The highest BCUT2D eigenvalue weighted by Gasteiger charge is 2.23. The fourth-order valence-electron chi connectivity index (χ4n) is 4.66. The highest BCUT2D eigenvalue weighted by Crippen LogP contribution is 2.40. The number of aromatic amines is 1. The van der Waals surface area contributed by atoms with E-state index < -0.39 is 11.4 Å². The Balaban J connectivity index is 1.69. The van der Waals surface area contributed by atoms with Gasteiger partial charge in [0.1, 0.15) is 17.4 Å². The molecule has 0 saturated carbocycles. The molecule has 1 saturated heterocycles. The predicted octanol–water partition coefficient (Wildman–Crippen LogP) is 5.28. The molecule has 5 aromatic rings. The van der Waals surface area contributed by atoms with Gasteiger partial charge in [0.2, 0.25) is 0 Å². The Kier molecular flexibility index (Phi) is 4.70. The summed E-state index contributed by atoms with van der Waals surface area (Å²) in [6.45, 7) is 0.650. The van der Waals surface area contributed by atoms with E-state index in [1.165, 1.54) is 6.07 Å². The molecule has 0 radical (unpaired) electrons. The van der Waals surface area contributed by atoms with Crippen LogP contribution in [0.5, 0.6) is 0 Å². The Labute approximate surface area is 195 Å². The third kappa shape index (κ3) is 3.14. The van der Waals surface area contributed by atoms with Crippen molar-refractivity contribution in [2.45, 2.75) is 25.5 Å². The summed E-state index contributed by atoms with van der Waals surface area (Å²) >= 11 is 3.60. The van der Waals surface area contributed by atoms with E-state index in [1.807, 2.05) is 18.2 Å². The molecule has 1 unspecified atom stereocenters. The van der Waals surface area contributed by atoms with Crippen LogP contribution in [0, 0.1) is 5.82 Å². The molecule has 0 amide bonds. The zero-order chi connectivity index (χ0) is 22.7. The number of hydrogen-bond acceptors (Lipinski definition) is 5. The monoisotopic (exact) mass is 507 g/mol. The summed E-state index contributed by atoms with van der Waals surface area (Å²) in [4.78, 5) is 20.2. The number of hydrogen-bond donors (Lipinski definition) is 2. The van der Waals surface area contributed by atoms with Gasteiger partial charge < -0.3 is 15.5 Å². The summed E-state index contributed by atoms with van der Waals surface area (Å²) < 4.78 is 23.1. The average Bonchev–Trinajstić information content (AvgIpc) is 3.29. The minimum Gasteiger partial charge on any atom is -0.394 e. The van der Waals surface area contributed by atoms with E-state index in [1.54, 1.807) is 23.1 Å². The summed E-state index contributed by atoms with van der Waals surface area (Å²) in [5.41, 5.74) is 8.72. The fraction of sp³-hybridized carbons (Fsp3) is 0.208. The van der Waals surface area contributed by atoms with Crippen molar-refractivity contribution in [3.8, 4) is 11.1 Å². The molecule has 166 valence electrons. The second-order valence-corrected chi connectivity index (χ2v) is 9.07. The number of rotatable bonds is 2. The van der Waals surface area contributed by atoms with Crippen molar-refractivity contribution in [3.05, 3.63) is 63.4 Å². The number of pyridine rings is 2. The van der Waals surface area contributed by atoms with Crippen molar-refractivity contribution in [1.82, 2.24) is 19.7 Å². The summed E-state index contributed by atoms with van der Waals surface area (Å²) in [5, 5.41) is 6.58. The topological polar surface area (TPSA) is 98.8 Å². The predicted molar refractivity (Wildman–Crippen MR) is 130 cm³/mol. The molecule has 0 spiro atoms. The van der Waals surface area contributed by atoms with Crippen LogP contribution in [0.25, 0.3) is 43.8 Å². The lowest BCUT2D eigenvalue weighted by Gasteiger charge is -2.22. The summed E-state index contributed by atoms with van der Waals surface area (Å²) in [7, 11) is 0. The van der Waals surface area contributed by atoms with Gasteiger partial charge in [-0.25, -0.2) is 9.07 Å². The van der Waals surface area contributed by atoms with Crippen LogP contribution in [0.15, 0.2) is 52.0 Å². The number of aromatic nitrogens is 4. The highest BCUT2D eigenvalue weighted by atomic mass is 79.9. The summed E-state index contributed by atoms with van der Waals surface area (Å²) in [6, 6.07) is 8.60. The largest absolute Gasteiger partial charge is 0.394 e. The molecular weight excluding hydrogens is 489 g/mol. The maximum Gasteiger partial charge on any atom is 0.272 e. The Hall–Kier alpha value is -3.30. The van der Waals surface area contributed by atoms with Gasteiger partial charge in [0, 0.05) is 45.2 Å². The molecule has 4 heterocycles. The standard InChI is InChI=1S/C24H19BrFN5O2/c25-16-10-14-19(20(27)24(32)29-21(14)13-4-3-8-28-22(13)16)12-6-7-17(26)23-15(12)11-31(30-23)18-5-1-2-9-33-18/h3-4,6-8,10-11,18H,1-2,5,9,27H2,(H,29,32). The van der Waals surface area contributed by atoms with Crippen molar-refractivity contribution >= 4 is 54.3 Å². The van der Waals surface area contributed by atoms with Crippen molar-refractivity contribution in [2.75, 3.05) is 12.3 Å². The molecule has 33 heavy (non-hydrogen) atoms. The van der Waals surface area contributed by atoms with Gasteiger partial charge in [0.15, 0.2) is 5.82 Å². The molecule has 1 aliphatic rings. The van der Waals surface area contributed by atoms with E-state index in [2.05, 4.69) is 31.0 Å². The van der Waals surface area contributed by atoms with Crippen LogP contribution in [-0.2, 0) is 4.74 Å². The SMILES string of the molecule is Nc1c(-c2ccc(F)c3nn(C4CCCCO4)cc23)c2cc(Br)c3ncccc3c2[nH]c1=O. The van der Waals surface area contributed by atoms with Crippen molar-refractivity contribution in [2.24, 2.45) is 0 Å². The molecule has 3 aromatic heterocycles. The Morgan fingerprint density at radius 2 is 2.06 bits per heavy atom. The van der Waals surface area contributed by atoms with E-state index in [9.17, 15) is 9.18 Å². The van der Waals surface area contributed by atoms with E-state index in [4.69, 9.17) is 10.5 Å². The van der Waals surface area contributed by atoms with Gasteiger partial charge in [-0.1, -0.05) is 6.07 Å². The van der Waals surface area contributed by atoms with Crippen LogP contribution in [0.1, 0.15) is 25.5 Å². The third-order valence-corrected chi connectivity index (χ3v) is 6.83. The summed E-state index contributed by atoms with van der Waals surface area (Å²) in [6.07, 6.45) is 6.08. The molecule has 9 heteroatoms. The molecule has 7 nitrogen and oxygen atoms in total. The zero-order valence-corrected chi connectivity index (χ0v) is 19.0. The van der Waals surface area contributed by atoms with Crippen molar-refractivity contribution in [3.63, 3.8) is 0 Å². The van der Waals surface area contributed by atoms with Gasteiger partial charge >= 0.3 is 0 Å². The lowest BCUT2D eigenvalue weighted by Crippen LogP contribution is -2.18. The number of halogens is 2. The molecule has 3 N–H and O–H groups in total. The van der Waals surface area contributed by atoms with Crippen LogP contribution in [0.3, 0.4) is 0 Å². The average molecular weight is 508 g/mol. The van der Waals surface area contributed by atoms with Crippen LogP contribution in [0.2, 0.25) is 0 Å². The van der Waals surface area contributed by atoms with Gasteiger partial charge in [0.05, 0.1) is 11.0 Å². The first-order valence-electron chi connectivity index (χ1n) is 10.7. The normalized spacial score (nSPS) is 16.7. The number of benzene rings is 2. The molecule has 1 aliphatic heterocycles. The summed E-state index contributed by atoms with van der Waals surface area (Å²) in [5.74, 6) is -0.438. The number of nitrogens with two attached hydrogens (primary N) is 1. The molecule has 2 aromatic carbocycles. The first kappa shape index (κ1) is 20.3. The third-order valence-electron chi connectivity index (χ3n) is 6.23. The lowest BCUT2D eigenvalue weighted by atomic mass is 9.95. The van der Waals surface area contributed by atoms with Gasteiger partial charge in [-0.05, 0) is 65.0 Å². The molecular formula is C24H19BrFN5O2. The molecule has 6 rings (SSSR count). The van der Waals surface area contributed by atoms with E-state index in [-0.39, 0.29) is 17.4 Å². The Morgan fingerprint density at radius 3 is 2.88 bits per heavy atom. The number of fused-ring (bicyclic) bond motifs is 4. The molecule has 0 bridgehead atoms. The van der Waals surface area contributed by atoms with Crippen LogP contribution in [-0.4, -0.2) is 26.4 Å². The number of nitrogens with one attached hydrogen (secondary N) is 1. The minimum absolute atomic E-state index is 0.0622. The smallest absolute Gasteiger partial charge is 0.272 e. The van der Waals surface area contributed by atoms with Crippen LogP contribution in [0.4, 0.5) is 10.1 Å². The van der Waals surface area contributed by atoms with E-state index in [0.717, 1.165) is 40.0 Å². The number of anilines is 1. The van der Waals surface area contributed by atoms with Crippen molar-refractivity contribution in [1.29, 1.82) is 0 Å². The lowest BCUT2D eigenvalue weighted by molar-refractivity contribution is -0.0391. The number of H-pyrrole nitrogens is 1. The zero-order valence-electron chi connectivity index (χ0n) is 17.4. The van der Waals surface area contributed by atoms with Crippen LogP contribution >= 0.6 is 15.9 Å². The Bertz CT molecular complexity index is 1620. The molecule has 1 atom stereocenters. The Morgan fingerprint density at radius 1 is 1.18 bits per heavy atom. The number of ether oxygens (including phenoxy) is 1. The molecule has 0 aliphatic carbocycles. The van der Waals surface area contributed by atoms with Gasteiger partial charge in [-0.15, -0.1) is 0 Å². The second kappa shape index (κ2) is 7.64. The first-order chi connectivity index (χ1) is 16.0. The molecule has 1 fully saturated rings. The maximum absolute atomic E-state index is 14.8. The number of nitrogens with zero attached hydrogens (tertiary/aromatic N) is 3. The van der Waals surface area contributed by atoms with Gasteiger partial charge in [-0.3, -0.25) is 9.78 Å². The fourth-order valence-corrected chi connectivity index (χ4v) is 5.20. The van der Waals surface area contributed by atoms with Gasteiger partial charge in [-0.2, -0.15) is 5.10 Å². The minimum atomic E-state index is -0.438. The van der Waals surface area contributed by atoms with E-state index in [0.29, 0.717) is 28.6 Å². The van der Waals surface area contributed by atoms with E-state index >= 15 is 0 Å². The second-order valence-electron chi connectivity index (χ2n) is 8.21. The first-order valence-corrected chi connectivity index (χ1v) is 11.5.